The Morgan fingerprint density at radius 1 is 1.00 bits per heavy atom. The van der Waals surface area contributed by atoms with Crippen LogP contribution in [0.3, 0.4) is 0 Å². The fraction of sp³-hybridized carbons (Fsp3) is 1.00. The Hall–Kier alpha value is 0. The maximum atomic E-state index is 2.29. The maximum absolute atomic E-state index is 2.29. The van der Waals surface area contributed by atoms with Crippen molar-refractivity contribution in [1.82, 2.24) is 0 Å². The van der Waals surface area contributed by atoms with Gasteiger partial charge in [-0.15, -0.1) is 0 Å². The summed E-state index contributed by atoms with van der Waals surface area (Å²) < 4.78 is 0. The van der Waals surface area contributed by atoms with Crippen molar-refractivity contribution in [2.45, 2.75) is 61.3 Å². The van der Waals surface area contributed by atoms with Gasteiger partial charge in [0.15, 0.2) is 0 Å². The van der Waals surface area contributed by atoms with Crippen LogP contribution in [0.5, 0.6) is 0 Å². The lowest BCUT2D eigenvalue weighted by molar-refractivity contribution is 0.534. The Morgan fingerprint density at radius 3 is 1.80 bits per heavy atom. The van der Waals surface area contributed by atoms with Gasteiger partial charge in [0.05, 0.1) is 0 Å². The minimum atomic E-state index is 0. The second-order valence-corrected chi connectivity index (χ2v) is 2.89. The van der Waals surface area contributed by atoms with Gasteiger partial charge in [0.1, 0.15) is 0 Å². The molecule has 0 bridgehead atoms. The number of unbranched alkanes of at least 4 members (excludes halogenated alkanes) is 2. The van der Waals surface area contributed by atoms with E-state index in [1.165, 1.54) is 25.7 Å². The fourth-order valence-corrected chi connectivity index (χ4v) is 0.803. The van der Waals surface area contributed by atoms with Crippen molar-refractivity contribution in [1.29, 1.82) is 0 Å². The topological polar surface area (TPSA) is 0 Å². The Labute approximate surface area is 68.0 Å². The van der Waals surface area contributed by atoms with E-state index < -0.39 is 0 Å². The van der Waals surface area contributed by atoms with Gasteiger partial charge in [-0.25, -0.2) is 0 Å². The third-order valence-electron chi connectivity index (χ3n) is 1.39. The summed E-state index contributed by atoms with van der Waals surface area (Å²) in [5.74, 6) is 0.904. The van der Waals surface area contributed by atoms with Crippen molar-refractivity contribution in [3.63, 3.8) is 0 Å². The molecular formula is C10H26. The van der Waals surface area contributed by atoms with Gasteiger partial charge in [0.25, 0.3) is 0 Å². The molecule has 0 fully saturated rings. The molecule has 0 saturated heterocycles. The van der Waals surface area contributed by atoms with Crippen molar-refractivity contribution >= 4 is 0 Å². The van der Waals surface area contributed by atoms with Crippen molar-refractivity contribution in [2.75, 3.05) is 0 Å². The molecule has 0 amide bonds. The van der Waals surface area contributed by atoms with E-state index in [4.69, 9.17) is 0 Å². The Bertz CT molecular complexity index is 37.3. The molecule has 0 saturated carbocycles. The maximum Gasteiger partial charge on any atom is -0.0471 e. The molecule has 0 nitrogen and oxygen atoms in total. The van der Waals surface area contributed by atoms with E-state index in [-0.39, 0.29) is 14.9 Å². The molecule has 0 heterocycles. The molecule has 0 aromatic heterocycles. The van der Waals surface area contributed by atoms with Crippen LogP contribution in [0.15, 0.2) is 0 Å². The van der Waals surface area contributed by atoms with Gasteiger partial charge in [0, 0.05) is 0 Å². The first-order chi connectivity index (χ1) is 3.77. The van der Waals surface area contributed by atoms with Crippen LogP contribution in [-0.2, 0) is 0 Å². The number of rotatable bonds is 4. The van der Waals surface area contributed by atoms with Gasteiger partial charge in [-0.2, -0.15) is 0 Å². The van der Waals surface area contributed by atoms with Gasteiger partial charge >= 0.3 is 0 Å². The van der Waals surface area contributed by atoms with Crippen LogP contribution in [-0.4, -0.2) is 0 Å². The zero-order chi connectivity index (χ0) is 6.41. The van der Waals surface area contributed by atoms with Crippen LogP contribution < -0.4 is 0 Å². The number of hydrogen-bond acceptors (Lipinski definition) is 0. The van der Waals surface area contributed by atoms with Crippen molar-refractivity contribution in [2.24, 2.45) is 5.92 Å². The third-order valence-corrected chi connectivity index (χ3v) is 1.39. The Morgan fingerprint density at radius 2 is 1.50 bits per heavy atom. The molecule has 0 unspecified atom stereocenters. The molecule has 0 aromatic carbocycles. The van der Waals surface area contributed by atoms with Crippen molar-refractivity contribution in [3.05, 3.63) is 0 Å². The van der Waals surface area contributed by atoms with E-state index in [1.807, 2.05) is 0 Å². The first kappa shape index (κ1) is 16.5. The lowest BCUT2D eigenvalue weighted by atomic mass is 10.1. The zero-order valence-corrected chi connectivity index (χ0v) is 6.41. The van der Waals surface area contributed by atoms with E-state index in [0.717, 1.165) is 5.92 Å². The molecule has 66 valence electrons. The van der Waals surface area contributed by atoms with Gasteiger partial charge in [-0.3, -0.25) is 0 Å². The summed E-state index contributed by atoms with van der Waals surface area (Å²) >= 11 is 0. The number of hydrogen-bond donors (Lipinski definition) is 0. The van der Waals surface area contributed by atoms with Gasteiger partial charge in [-0.05, 0) is 5.92 Å². The zero-order valence-electron chi connectivity index (χ0n) is 6.41. The second-order valence-electron chi connectivity index (χ2n) is 2.89. The molecule has 0 N–H and O–H groups in total. The largest absolute Gasteiger partial charge is 0.0776 e. The second kappa shape index (κ2) is 11.8. The third kappa shape index (κ3) is 15.7. The molecule has 0 heteroatoms. The summed E-state index contributed by atoms with van der Waals surface area (Å²) in [7, 11) is 0. The highest BCUT2D eigenvalue weighted by Crippen LogP contribution is 2.06. The van der Waals surface area contributed by atoms with E-state index >= 15 is 0 Å². The van der Waals surface area contributed by atoms with E-state index in [1.54, 1.807) is 0 Å². The Balaban J connectivity index is -0.000000245. The highest BCUT2D eigenvalue weighted by Gasteiger charge is 1.90. The quantitative estimate of drug-likeness (QED) is 0.512. The van der Waals surface area contributed by atoms with Crippen LogP contribution in [0.4, 0.5) is 0 Å². The predicted molar refractivity (Wildman–Crippen MR) is 52.4 cm³/mol. The normalized spacial score (nSPS) is 8.40. The fourth-order valence-electron chi connectivity index (χ4n) is 0.803. The van der Waals surface area contributed by atoms with Gasteiger partial charge < -0.3 is 0 Å². The first-order valence-corrected chi connectivity index (χ1v) is 3.77. The van der Waals surface area contributed by atoms with Crippen LogP contribution in [0.2, 0.25) is 0 Å². The molecule has 0 aliphatic carbocycles. The summed E-state index contributed by atoms with van der Waals surface area (Å²) in [5, 5.41) is 0. The average molecular weight is 146 g/mol. The molecular weight excluding hydrogens is 120 g/mol. The van der Waals surface area contributed by atoms with E-state index in [0.29, 0.717) is 0 Å². The predicted octanol–water partition coefficient (Wildman–Crippen LogP) is 4.49. The molecule has 0 spiro atoms. The monoisotopic (exact) mass is 146 g/mol. The van der Waals surface area contributed by atoms with Crippen LogP contribution >= 0.6 is 0 Å². The standard InChI is InChI=1S/C8H18.2CH4/c1-4-5-6-7-8(2)3;;/h8H,4-7H2,1-3H3;2*1H4. The van der Waals surface area contributed by atoms with E-state index in [2.05, 4.69) is 20.8 Å². The SMILES string of the molecule is C.C.CCCCCC(C)C. The van der Waals surface area contributed by atoms with Crippen molar-refractivity contribution < 1.29 is 0 Å². The minimum Gasteiger partial charge on any atom is -0.0776 e. The first-order valence-electron chi connectivity index (χ1n) is 3.77. The van der Waals surface area contributed by atoms with Crippen LogP contribution in [0, 0.1) is 5.92 Å². The molecule has 0 aliphatic heterocycles. The lowest BCUT2D eigenvalue weighted by Gasteiger charge is -2.00. The molecule has 0 radical (unpaired) electrons. The van der Waals surface area contributed by atoms with Crippen molar-refractivity contribution in [3.8, 4) is 0 Å². The highest BCUT2D eigenvalue weighted by molar-refractivity contribution is 4.44. The molecule has 0 rings (SSSR count). The lowest BCUT2D eigenvalue weighted by Crippen LogP contribution is -1.85. The van der Waals surface area contributed by atoms with E-state index in [9.17, 15) is 0 Å². The summed E-state index contributed by atoms with van der Waals surface area (Å²) in [4.78, 5) is 0. The van der Waals surface area contributed by atoms with Gasteiger partial charge in [0.2, 0.25) is 0 Å². The van der Waals surface area contributed by atoms with Gasteiger partial charge in [-0.1, -0.05) is 61.3 Å². The highest BCUT2D eigenvalue weighted by atomic mass is 14.0. The summed E-state index contributed by atoms with van der Waals surface area (Å²) in [6, 6.07) is 0. The van der Waals surface area contributed by atoms with Crippen LogP contribution in [0.1, 0.15) is 61.3 Å². The summed E-state index contributed by atoms with van der Waals surface area (Å²) in [5.41, 5.74) is 0. The average Bonchev–Trinajstić information content (AvgIpc) is 1.66. The smallest absolute Gasteiger partial charge is 0.0471 e. The van der Waals surface area contributed by atoms with Crippen LogP contribution in [0.25, 0.3) is 0 Å². The summed E-state index contributed by atoms with van der Waals surface area (Å²) in [6.45, 7) is 6.83. The summed E-state index contributed by atoms with van der Waals surface area (Å²) in [6.07, 6.45) is 5.60. The molecule has 0 aliphatic rings. The molecule has 0 aromatic rings. The molecule has 10 heavy (non-hydrogen) atoms. The minimum absolute atomic E-state index is 0. The molecule has 0 atom stereocenters. The Kier molecular flexibility index (Phi) is 19.4.